The second kappa shape index (κ2) is 5.81. The van der Waals surface area contributed by atoms with Gasteiger partial charge in [0.25, 0.3) is 0 Å². The summed E-state index contributed by atoms with van der Waals surface area (Å²) in [6.45, 7) is 5.82. The predicted octanol–water partition coefficient (Wildman–Crippen LogP) is 3.27. The lowest BCUT2D eigenvalue weighted by Gasteiger charge is -2.12. The molecular formula is C14H17ClN2O4S. The zero-order valence-electron chi connectivity index (χ0n) is 12.4. The van der Waals surface area contributed by atoms with E-state index in [0.717, 1.165) is 0 Å². The Bertz CT molecular complexity index is 778. The van der Waals surface area contributed by atoms with Crippen molar-refractivity contribution in [3.8, 4) is 5.75 Å². The summed E-state index contributed by atoms with van der Waals surface area (Å²) in [7, 11) is -3.73. The monoisotopic (exact) mass is 344 g/mol. The van der Waals surface area contributed by atoms with Crippen molar-refractivity contribution in [1.82, 2.24) is 5.16 Å². The maximum Gasteiger partial charge on any atom is 0.238 e. The van der Waals surface area contributed by atoms with Crippen molar-refractivity contribution >= 4 is 27.3 Å². The van der Waals surface area contributed by atoms with Crippen LogP contribution in [-0.4, -0.2) is 18.7 Å². The molecule has 120 valence electrons. The zero-order valence-corrected chi connectivity index (χ0v) is 14.0. The highest BCUT2D eigenvalue weighted by atomic mass is 35.5. The number of sulfonamides is 1. The number of hydrogen-bond donors (Lipinski definition) is 2. The van der Waals surface area contributed by atoms with Crippen molar-refractivity contribution in [2.75, 3.05) is 4.72 Å². The first-order valence-corrected chi connectivity index (χ1v) is 8.55. The van der Waals surface area contributed by atoms with E-state index in [0.29, 0.717) is 11.5 Å². The number of aromatic hydroxyl groups is 1. The largest absolute Gasteiger partial charge is 0.508 e. The molecule has 2 rings (SSSR count). The molecule has 1 aromatic carbocycles. The second-order valence-electron chi connectivity index (χ2n) is 5.96. The van der Waals surface area contributed by atoms with Gasteiger partial charge in [0.05, 0.1) is 10.7 Å². The minimum Gasteiger partial charge on any atom is -0.508 e. The van der Waals surface area contributed by atoms with E-state index in [1.165, 1.54) is 18.2 Å². The van der Waals surface area contributed by atoms with E-state index in [4.69, 9.17) is 16.1 Å². The molecule has 8 heteroatoms. The van der Waals surface area contributed by atoms with Gasteiger partial charge in [0.15, 0.2) is 0 Å². The maximum atomic E-state index is 12.2. The predicted molar refractivity (Wildman–Crippen MR) is 84.6 cm³/mol. The molecule has 0 spiro atoms. The number of anilines is 1. The number of rotatable bonds is 4. The second-order valence-corrected chi connectivity index (χ2v) is 8.09. The highest BCUT2D eigenvalue weighted by molar-refractivity contribution is 7.91. The van der Waals surface area contributed by atoms with E-state index in [1.54, 1.807) is 6.07 Å². The summed E-state index contributed by atoms with van der Waals surface area (Å²) < 4.78 is 31.8. The first-order valence-electron chi connectivity index (χ1n) is 6.52. The standard InChI is InChI=1S/C14H17ClN2O4S/c1-14(2,3)13-6-9(16-21-13)8-22(19,20)17-12-7-10(18)4-5-11(12)15/h4-7,17-18H,8H2,1-3H3. The molecule has 0 atom stereocenters. The molecule has 0 unspecified atom stereocenters. The highest BCUT2D eigenvalue weighted by Gasteiger charge is 2.22. The lowest BCUT2D eigenvalue weighted by atomic mass is 9.93. The van der Waals surface area contributed by atoms with Crippen LogP contribution in [-0.2, 0) is 21.2 Å². The fraction of sp³-hybridized carbons (Fsp3) is 0.357. The molecule has 0 aliphatic heterocycles. The van der Waals surface area contributed by atoms with E-state index < -0.39 is 10.0 Å². The normalized spacial score (nSPS) is 12.4. The third kappa shape index (κ3) is 4.14. The Labute approximate surface area is 134 Å². The van der Waals surface area contributed by atoms with E-state index in [-0.39, 0.29) is 27.6 Å². The summed E-state index contributed by atoms with van der Waals surface area (Å²) >= 11 is 5.90. The van der Waals surface area contributed by atoms with E-state index in [1.807, 2.05) is 20.8 Å². The fourth-order valence-electron chi connectivity index (χ4n) is 1.72. The van der Waals surface area contributed by atoms with Crippen LogP contribution in [0.2, 0.25) is 5.02 Å². The maximum absolute atomic E-state index is 12.2. The van der Waals surface area contributed by atoms with E-state index in [2.05, 4.69) is 9.88 Å². The van der Waals surface area contributed by atoms with Gasteiger partial charge in [0, 0.05) is 17.5 Å². The van der Waals surface area contributed by atoms with E-state index >= 15 is 0 Å². The summed E-state index contributed by atoms with van der Waals surface area (Å²) in [4.78, 5) is 0. The van der Waals surface area contributed by atoms with Crippen molar-refractivity contribution in [2.45, 2.75) is 31.9 Å². The Morgan fingerprint density at radius 3 is 2.59 bits per heavy atom. The van der Waals surface area contributed by atoms with Gasteiger partial charge >= 0.3 is 0 Å². The number of phenolic OH excluding ortho intramolecular Hbond substituents is 1. The molecule has 2 aromatic rings. The van der Waals surface area contributed by atoms with Crippen molar-refractivity contribution < 1.29 is 18.0 Å². The van der Waals surface area contributed by atoms with Crippen LogP contribution in [0.1, 0.15) is 32.2 Å². The SMILES string of the molecule is CC(C)(C)c1cc(CS(=O)(=O)Nc2cc(O)ccc2Cl)no1. The topological polar surface area (TPSA) is 92.4 Å². The summed E-state index contributed by atoms with van der Waals surface area (Å²) in [6.07, 6.45) is 0. The van der Waals surface area contributed by atoms with Crippen LogP contribution in [0, 0.1) is 0 Å². The lowest BCUT2D eigenvalue weighted by molar-refractivity contribution is 0.327. The van der Waals surface area contributed by atoms with Crippen molar-refractivity contribution in [3.05, 3.63) is 40.7 Å². The van der Waals surface area contributed by atoms with Gasteiger partial charge in [-0.15, -0.1) is 0 Å². The van der Waals surface area contributed by atoms with Crippen LogP contribution >= 0.6 is 11.6 Å². The van der Waals surface area contributed by atoms with Crippen LogP contribution < -0.4 is 4.72 Å². The first-order chi connectivity index (χ1) is 10.1. The molecule has 0 saturated heterocycles. The van der Waals surface area contributed by atoms with Crippen LogP contribution in [0.3, 0.4) is 0 Å². The van der Waals surface area contributed by atoms with Crippen LogP contribution in [0.5, 0.6) is 5.75 Å². The van der Waals surface area contributed by atoms with Crippen molar-refractivity contribution in [1.29, 1.82) is 0 Å². The molecule has 0 radical (unpaired) electrons. The van der Waals surface area contributed by atoms with Gasteiger partial charge in [-0.25, -0.2) is 8.42 Å². The Morgan fingerprint density at radius 2 is 2.00 bits per heavy atom. The van der Waals surface area contributed by atoms with Crippen molar-refractivity contribution in [2.24, 2.45) is 0 Å². The minimum atomic E-state index is -3.73. The molecule has 0 aliphatic rings. The summed E-state index contributed by atoms with van der Waals surface area (Å²) in [5.74, 6) is 0.171. The summed E-state index contributed by atoms with van der Waals surface area (Å²) in [6, 6.07) is 5.63. The molecule has 22 heavy (non-hydrogen) atoms. The molecule has 1 heterocycles. The number of halogens is 1. The van der Waals surface area contributed by atoms with E-state index in [9.17, 15) is 13.5 Å². The summed E-state index contributed by atoms with van der Waals surface area (Å²) in [5, 5.41) is 13.4. The molecule has 1 aromatic heterocycles. The number of nitrogens with zero attached hydrogens (tertiary/aromatic N) is 1. The van der Waals surface area contributed by atoms with Gasteiger partial charge < -0.3 is 9.63 Å². The molecular weight excluding hydrogens is 328 g/mol. The Morgan fingerprint density at radius 1 is 1.32 bits per heavy atom. The Kier molecular flexibility index (Phi) is 4.39. The molecule has 0 fully saturated rings. The van der Waals surface area contributed by atoms with Crippen molar-refractivity contribution in [3.63, 3.8) is 0 Å². The lowest BCUT2D eigenvalue weighted by Crippen LogP contribution is -2.15. The van der Waals surface area contributed by atoms with Gasteiger partial charge in [-0.05, 0) is 12.1 Å². The molecule has 0 aliphatic carbocycles. The third-order valence-electron chi connectivity index (χ3n) is 2.85. The van der Waals surface area contributed by atoms with Gasteiger partial charge in [-0.3, -0.25) is 4.72 Å². The van der Waals surface area contributed by atoms with Gasteiger partial charge in [-0.1, -0.05) is 37.5 Å². The molecule has 0 amide bonds. The van der Waals surface area contributed by atoms with Crippen LogP contribution in [0.25, 0.3) is 0 Å². The van der Waals surface area contributed by atoms with Crippen LogP contribution in [0.4, 0.5) is 5.69 Å². The number of hydrogen-bond acceptors (Lipinski definition) is 5. The Hall–Kier alpha value is -1.73. The van der Waals surface area contributed by atoms with Crippen LogP contribution in [0.15, 0.2) is 28.8 Å². The Balaban J connectivity index is 2.18. The van der Waals surface area contributed by atoms with Gasteiger partial charge in [0.2, 0.25) is 10.0 Å². The number of aromatic nitrogens is 1. The van der Waals surface area contributed by atoms with Gasteiger partial charge in [0.1, 0.15) is 23.0 Å². The molecule has 6 nitrogen and oxygen atoms in total. The molecule has 0 saturated carbocycles. The first kappa shape index (κ1) is 16.6. The van der Waals surface area contributed by atoms with Gasteiger partial charge in [-0.2, -0.15) is 0 Å². The smallest absolute Gasteiger partial charge is 0.238 e. The average molecular weight is 345 g/mol. The molecule has 2 N–H and O–H groups in total. The minimum absolute atomic E-state index is 0.0847. The highest BCUT2D eigenvalue weighted by Crippen LogP contribution is 2.28. The number of nitrogens with one attached hydrogen (secondary N) is 1. The third-order valence-corrected chi connectivity index (χ3v) is 4.39. The average Bonchev–Trinajstić information content (AvgIpc) is 2.81. The quantitative estimate of drug-likeness (QED) is 0.887. The molecule has 0 bridgehead atoms. The number of phenols is 1. The number of benzene rings is 1. The summed E-state index contributed by atoms with van der Waals surface area (Å²) in [5.41, 5.74) is 0.159. The fourth-order valence-corrected chi connectivity index (χ4v) is 3.05. The zero-order chi connectivity index (χ0) is 16.5.